The van der Waals surface area contributed by atoms with Gasteiger partial charge in [0.05, 0.1) is 5.92 Å². The van der Waals surface area contributed by atoms with Crippen LogP contribution in [0.2, 0.25) is 0 Å². The Labute approximate surface area is 121 Å². The number of hydrogen-bond donors (Lipinski definition) is 1. The molecule has 0 aromatic rings. The first kappa shape index (κ1) is 15.3. The Hall–Kier alpha value is -1.10. The van der Waals surface area contributed by atoms with Crippen molar-refractivity contribution in [2.75, 3.05) is 39.8 Å². The number of carbonyl (C=O) groups excluding carboxylic acids is 2. The Morgan fingerprint density at radius 1 is 1.35 bits per heavy atom. The lowest BCUT2D eigenvalue weighted by molar-refractivity contribution is -0.137. The summed E-state index contributed by atoms with van der Waals surface area (Å²) in [6.45, 7) is 6.09. The fourth-order valence-electron chi connectivity index (χ4n) is 3.29. The molecule has 0 bridgehead atoms. The van der Waals surface area contributed by atoms with Crippen LogP contribution in [0.1, 0.15) is 32.6 Å². The fraction of sp³-hybridized carbons (Fsp3) is 0.867. The van der Waals surface area contributed by atoms with E-state index in [4.69, 9.17) is 0 Å². The fourth-order valence-corrected chi connectivity index (χ4v) is 3.29. The maximum atomic E-state index is 12.5. The van der Waals surface area contributed by atoms with Gasteiger partial charge in [0.15, 0.2) is 0 Å². The molecule has 5 heteroatoms. The lowest BCUT2D eigenvalue weighted by atomic mass is 9.92. The van der Waals surface area contributed by atoms with Crippen molar-refractivity contribution in [2.24, 2.45) is 11.8 Å². The number of amides is 2. The van der Waals surface area contributed by atoms with Crippen molar-refractivity contribution in [3.63, 3.8) is 0 Å². The van der Waals surface area contributed by atoms with E-state index in [2.05, 4.69) is 5.32 Å². The van der Waals surface area contributed by atoms with Gasteiger partial charge in [0, 0.05) is 32.6 Å². The van der Waals surface area contributed by atoms with E-state index in [9.17, 15) is 9.59 Å². The minimum Gasteiger partial charge on any atom is -0.342 e. The highest BCUT2D eigenvalue weighted by atomic mass is 16.2. The Balaban J connectivity index is 1.79. The highest BCUT2D eigenvalue weighted by Crippen LogP contribution is 2.25. The minimum atomic E-state index is -0.101. The van der Waals surface area contributed by atoms with E-state index in [0.717, 1.165) is 38.4 Å². The van der Waals surface area contributed by atoms with Gasteiger partial charge >= 0.3 is 0 Å². The summed E-state index contributed by atoms with van der Waals surface area (Å²) >= 11 is 0. The number of likely N-dealkylation sites (tertiary alicyclic amines) is 2. The zero-order valence-corrected chi connectivity index (χ0v) is 12.7. The van der Waals surface area contributed by atoms with Gasteiger partial charge in [-0.1, -0.05) is 0 Å². The molecule has 2 saturated heterocycles. The second-order valence-electron chi connectivity index (χ2n) is 5.99. The molecular weight excluding hydrogens is 254 g/mol. The molecule has 5 nitrogen and oxygen atoms in total. The SMILES string of the molecule is CCN1CC(C(=O)N2CCC(CCNC)CC2)CC1=O. The number of rotatable bonds is 5. The number of nitrogens with one attached hydrogen (secondary N) is 1. The highest BCUT2D eigenvalue weighted by Gasteiger charge is 2.36. The third kappa shape index (κ3) is 3.51. The Kier molecular flexibility index (Phi) is 5.40. The summed E-state index contributed by atoms with van der Waals surface area (Å²) in [4.78, 5) is 28.0. The van der Waals surface area contributed by atoms with Gasteiger partial charge in [-0.2, -0.15) is 0 Å². The lowest BCUT2D eigenvalue weighted by Crippen LogP contribution is -2.42. The molecule has 0 aromatic carbocycles. The number of piperidine rings is 1. The maximum Gasteiger partial charge on any atom is 0.227 e. The van der Waals surface area contributed by atoms with Crippen LogP contribution in [0.5, 0.6) is 0 Å². The van der Waals surface area contributed by atoms with Crippen molar-refractivity contribution in [2.45, 2.75) is 32.6 Å². The van der Waals surface area contributed by atoms with Crippen molar-refractivity contribution in [1.29, 1.82) is 0 Å². The summed E-state index contributed by atoms with van der Waals surface area (Å²) in [5.74, 6) is 0.969. The molecule has 1 atom stereocenters. The van der Waals surface area contributed by atoms with Crippen LogP contribution >= 0.6 is 0 Å². The van der Waals surface area contributed by atoms with Crippen LogP contribution in [0.25, 0.3) is 0 Å². The quantitative estimate of drug-likeness (QED) is 0.807. The van der Waals surface area contributed by atoms with Crippen LogP contribution in [0.4, 0.5) is 0 Å². The average Bonchev–Trinajstić information content (AvgIpc) is 2.86. The largest absolute Gasteiger partial charge is 0.342 e. The zero-order valence-electron chi connectivity index (χ0n) is 12.7. The standard InChI is InChI=1S/C15H27N3O2/c1-3-17-11-13(10-14(17)19)15(20)18-8-5-12(6-9-18)4-7-16-2/h12-13,16H,3-11H2,1-2H3. The Bertz CT molecular complexity index is 351. The zero-order chi connectivity index (χ0) is 14.5. The molecule has 0 saturated carbocycles. The predicted molar refractivity (Wildman–Crippen MR) is 78.2 cm³/mol. The summed E-state index contributed by atoms with van der Waals surface area (Å²) in [5, 5.41) is 3.19. The molecule has 2 fully saturated rings. The minimum absolute atomic E-state index is 0.101. The average molecular weight is 281 g/mol. The molecule has 2 aliphatic rings. The number of hydrogen-bond acceptors (Lipinski definition) is 3. The van der Waals surface area contributed by atoms with Crippen LogP contribution in [0, 0.1) is 11.8 Å². The molecule has 0 aromatic heterocycles. The smallest absolute Gasteiger partial charge is 0.227 e. The van der Waals surface area contributed by atoms with Gasteiger partial charge in [-0.3, -0.25) is 9.59 Å². The van der Waals surface area contributed by atoms with Gasteiger partial charge in [0.1, 0.15) is 0 Å². The van der Waals surface area contributed by atoms with Gasteiger partial charge < -0.3 is 15.1 Å². The monoisotopic (exact) mass is 281 g/mol. The summed E-state index contributed by atoms with van der Waals surface area (Å²) in [6, 6.07) is 0. The molecule has 0 spiro atoms. The molecule has 1 unspecified atom stereocenters. The Morgan fingerprint density at radius 3 is 2.60 bits per heavy atom. The van der Waals surface area contributed by atoms with E-state index in [1.807, 2.05) is 18.9 Å². The second kappa shape index (κ2) is 7.07. The third-order valence-electron chi connectivity index (χ3n) is 4.67. The second-order valence-corrected chi connectivity index (χ2v) is 5.99. The van der Waals surface area contributed by atoms with Crippen molar-refractivity contribution in [1.82, 2.24) is 15.1 Å². The van der Waals surface area contributed by atoms with Gasteiger partial charge in [0.25, 0.3) is 0 Å². The number of nitrogens with zero attached hydrogens (tertiary/aromatic N) is 2. The van der Waals surface area contributed by atoms with Gasteiger partial charge in [-0.15, -0.1) is 0 Å². The number of carbonyl (C=O) groups is 2. The van der Waals surface area contributed by atoms with Crippen molar-refractivity contribution >= 4 is 11.8 Å². The van der Waals surface area contributed by atoms with Crippen LogP contribution < -0.4 is 5.32 Å². The molecule has 0 radical (unpaired) electrons. The van der Waals surface area contributed by atoms with E-state index >= 15 is 0 Å². The van der Waals surface area contributed by atoms with Gasteiger partial charge in [-0.25, -0.2) is 0 Å². The Morgan fingerprint density at radius 2 is 2.05 bits per heavy atom. The molecule has 2 amide bonds. The van der Waals surface area contributed by atoms with Gasteiger partial charge in [0.2, 0.25) is 11.8 Å². The molecule has 20 heavy (non-hydrogen) atoms. The normalized spacial score (nSPS) is 24.5. The molecule has 0 aliphatic carbocycles. The van der Waals surface area contributed by atoms with Crippen LogP contribution in [-0.2, 0) is 9.59 Å². The van der Waals surface area contributed by atoms with Crippen LogP contribution in [0.3, 0.4) is 0 Å². The van der Waals surface area contributed by atoms with E-state index < -0.39 is 0 Å². The van der Waals surface area contributed by atoms with Crippen molar-refractivity contribution < 1.29 is 9.59 Å². The molecule has 2 rings (SSSR count). The molecule has 1 N–H and O–H groups in total. The molecule has 114 valence electrons. The molecule has 2 aliphatic heterocycles. The van der Waals surface area contributed by atoms with Crippen LogP contribution in [0.15, 0.2) is 0 Å². The van der Waals surface area contributed by atoms with Crippen LogP contribution in [-0.4, -0.2) is 61.4 Å². The van der Waals surface area contributed by atoms with E-state index in [1.165, 1.54) is 6.42 Å². The van der Waals surface area contributed by atoms with E-state index in [0.29, 0.717) is 19.5 Å². The first-order valence-electron chi connectivity index (χ1n) is 7.86. The highest BCUT2D eigenvalue weighted by molar-refractivity contribution is 5.89. The summed E-state index contributed by atoms with van der Waals surface area (Å²) < 4.78 is 0. The topological polar surface area (TPSA) is 52.7 Å². The molecular formula is C15H27N3O2. The lowest BCUT2D eigenvalue weighted by Gasteiger charge is -2.33. The first-order chi connectivity index (χ1) is 9.65. The van der Waals surface area contributed by atoms with Crippen molar-refractivity contribution in [3.05, 3.63) is 0 Å². The summed E-state index contributed by atoms with van der Waals surface area (Å²) in [5.41, 5.74) is 0. The third-order valence-corrected chi connectivity index (χ3v) is 4.67. The molecule has 2 heterocycles. The van der Waals surface area contributed by atoms with E-state index in [1.54, 1.807) is 4.90 Å². The predicted octanol–water partition coefficient (Wildman–Crippen LogP) is 0.703. The summed E-state index contributed by atoms with van der Waals surface area (Å²) in [7, 11) is 1.98. The van der Waals surface area contributed by atoms with Crippen molar-refractivity contribution in [3.8, 4) is 0 Å². The maximum absolute atomic E-state index is 12.5. The first-order valence-corrected chi connectivity index (χ1v) is 7.86. The summed E-state index contributed by atoms with van der Waals surface area (Å²) in [6.07, 6.45) is 3.81. The van der Waals surface area contributed by atoms with Gasteiger partial charge in [-0.05, 0) is 45.7 Å². The van der Waals surface area contributed by atoms with E-state index in [-0.39, 0.29) is 17.7 Å².